The first-order chi connectivity index (χ1) is 16.1. The summed E-state index contributed by atoms with van der Waals surface area (Å²) in [5.74, 6) is 0.493. The van der Waals surface area contributed by atoms with E-state index in [0.29, 0.717) is 6.61 Å². The van der Waals surface area contributed by atoms with E-state index in [1.807, 2.05) is 36.4 Å². The Kier molecular flexibility index (Phi) is 8.19. The van der Waals surface area contributed by atoms with E-state index in [1.165, 1.54) is 0 Å². The molecular formula is C31H38O3. The number of rotatable bonds is 8. The highest BCUT2D eigenvalue weighted by Crippen LogP contribution is 2.39. The van der Waals surface area contributed by atoms with Crippen molar-refractivity contribution < 1.29 is 14.3 Å². The van der Waals surface area contributed by atoms with Gasteiger partial charge in [0.05, 0.1) is 5.92 Å². The van der Waals surface area contributed by atoms with Gasteiger partial charge in [0.15, 0.2) is 0 Å². The average molecular weight is 459 g/mol. The van der Waals surface area contributed by atoms with Crippen LogP contribution in [0.3, 0.4) is 0 Å². The third kappa shape index (κ3) is 6.96. The molecule has 3 aromatic carbocycles. The first-order valence-corrected chi connectivity index (χ1v) is 12.1. The minimum atomic E-state index is -0.163. The fraction of sp³-hybridized carbons (Fsp3) is 0.387. The molecule has 0 saturated carbocycles. The summed E-state index contributed by atoms with van der Waals surface area (Å²) in [6.07, 6.45) is 0.783. The summed E-state index contributed by atoms with van der Waals surface area (Å²) >= 11 is 0. The van der Waals surface area contributed by atoms with E-state index in [0.717, 1.165) is 34.4 Å². The quantitative estimate of drug-likeness (QED) is 0.253. The lowest BCUT2D eigenvalue weighted by Gasteiger charge is -2.33. The summed E-state index contributed by atoms with van der Waals surface area (Å²) in [5, 5.41) is 0. The lowest BCUT2D eigenvalue weighted by molar-refractivity contribution is -0.154. The monoisotopic (exact) mass is 458 g/mol. The molecule has 0 aliphatic carbocycles. The van der Waals surface area contributed by atoms with Crippen LogP contribution in [0, 0.1) is 16.7 Å². The summed E-state index contributed by atoms with van der Waals surface area (Å²) in [5.41, 5.74) is 4.11. The number of para-hydroxylation sites is 1. The highest BCUT2D eigenvalue weighted by Gasteiger charge is 2.35. The molecule has 0 heterocycles. The minimum absolute atomic E-state index is 0.0483. The average Bonchev–Trinajstić information content (AvgIpc) is 2.80. The van der Waals surface area contributed by atoms with Crippen LogP contribution in [0.15, 0.2) is 78.9 Å². The van der Waals surface area contributed by atoms with Crippen molar-refractivity contribution in [1.29, 1.82) is 0 Å². The molecule has 0 aromatic heterocycles. The zero-order valence-electron chi connectivity index (χ0n) is 21.4. The second-order valence-electron chi connectivity index (χ2n) is 11.1. The molecule has 1 unspecified atom stereocenters. The zero-order chi connectivity index (χ0) is 24.8. The number of benzene rings is 3. The highest BCUT2D eigenvalue weighted by molar-refractivity contribution is 5.82. The van der Waals surface area contributed by atoms with Gasteiger partial charge in [0.25, 0.3) is 0 Å². The molecule has 0 aliphatic heterocycles. The molecule has 34 heavy (non-hydrogen) atoms. The van der Waals surface area contributed by atoms with Crippen LogP contribution < -0.4 is 4.74 Å². The van der Waals surface area contributed by atoms with Crippen molar-refractivity contribution >= 4 is 5.97 Å². The number of carbonyl (C=O) groups excluding carboxylic acids is 1. The maximum absolute atomic E-state index is 13.0. The van der Waals surface area contributed by atoms with Crippen LogP contribution in [0.5, 0.6) is 5.75 Å². The van der Waals surface area contributed by atoms with Crippen molar-refractivity contribution in [3.63, 3.8) is 0 Å². The molecule has 0 saturated heterocycles. The summed E-state index contributed by atoms with van der Waals surface area (Å²) < 4.78 is 12.0. The fourth-order valence-corrected chi connectivity index (χ4v) is 4.12. The number of hydrogen-bond acceptors (Lipinski definition) is 3. The third-order valence-corrected chi connectivity index (χ3v) is 5.91. The number of hydrogen-bond donors (Lipinski definition) is 0. The zero-order valence-corrected chi connectivity index (χ0v) is 21.4. The molecule has 3 nitrogen and oxygen atoms in total. The maximum atomic E-state index is 13.0. The molecule has 1 atom stereocenters. The fourth-order valence-electron chi connectivity index (χ4n) is 4.12. The number of ether oxygens (including phenoxy) is 2. The van der Waals surface area contributed by atoms with Gasteiger partial charge in [0.1, 0.15) is 19.0 Å². The summed E-state index contributed by atoms with van der Waals surface area (Å²) in [4.78, 5) is 13.0. The summed E-state index contributed by atoms with van der Waals surface area (Å²) in [6, 6.07) is 26.6. The first kappa shape index (κ1) is 25.6. The Hall–Kier alpha value is -3.07. The van der Waals surface area contributed by atoms with Gasteiger partial charge in [-0.05, 0) is 28.4 Å². The first-order valence-electron chi connectivity index (χ1n) is 12.1. The second kappa shape index (κ2) is 10.9. The smallest absolute Gasteiger partial charge is 0.309 e. The molecule has 0 aliphatic rings. The third-order valence-electron chi connectivity index (χ3n) is 5.91. The lowest BCUT2D eigenvalue weighted by atomic mass is 9.72. The molecule has 3 aromatic rings. The largest absolute Gasteiger partial charge is 0.489 e. The SMILES string of the molecule is CC(C)(C)CC(C(=O)OCCOc1c(-c2ccccc2)cccc1-c1ccccc1)C(C)(C)C. The lowest BCUT2D eigenvalue weighted by Crippen LogP contribution is -2.34. The Balaban J connectivity index is 1.78. The molecule has 0 amide bonds. The van der Waals surface area contributed by atoms with E-state index >= 15 is 0 Å². The maximum Gasteiger partial charge on any atom is 0.309 e. The van der Waals surface area contributed by atoms with Crippen molar-refractivity contribution in [3.05, 3.63) is 78.9 Å². The van der Waals surface area contributed by atoms with Crippen molar-refractivity contribution in [3.8, 4) is 28.0 Å². The van der Waals surface area contributed by atoms with Crippen LogP contribution in [0.2, 0.25) is 0 Å². The van der Waals surface area contributed by atoms with Crippen molar-refractivity contribution in [2.24, 2.45) is 16.7 Å². The predicted octanol–water partition coefficient (Wildman–Crippen LogP) is 8.04. The number of carbonyl (C=O) groups is 1. The van der Waals surface area contributed by atoms with Crippen LogP contribution in [0.25, 0.3) is 22.3 Å². The molecule has 0 N–H and O–H groups in total. The Bertz CT molecular complexity index is 1000. The van der Waals surface area contributed by atoms with Gasteiger partial charge in [-0.3, -0.25) is 4.79 Å². The summed E-state index contributed by atoms with van der Waals surface area (Å²) in [7, 11) is 0. The highest BCUT2D eigenvalue weighted by atomic mass is 16.6. The predicted molar refractivity (Wildman–Crippen MR) is 141 cm³/mol. The Morgan fingerprint density at radius 3 is 1.65 bits per heavy atom. The van der Waals surface area contributed by atoms with Gasteiger partial charge in [0.2, 0.25) is 0 Å². The van der Waals surface area contributed by atoms with Crippen LogP contribution in [0.1, 0.15) is 48.0 Å². The van der Waals surface area contributed by atoms with E-state index in [2.05, 4.69) is 84.0 Å². The van der Waals surface area contributed by atoms with E-state index < -0.39 is 0 Å². The van der Waals surface area contributed by atoms with E-state index in [9.17, 15) is 4.79 Å². The molecule has 0 radical (unpaired) electrons. The Morgan fingerprint density at radius 1 is 0.706 bits per heavy atom. The molecule has 180 valence electrons. The molecule has 0 spiro atoms. The summed E-state index contributed by atoms with van der Waals surface area (Å²) in [6.45, 7) is 13.3. The van der Waals surface area contributed by atoms with Crippen LogP contribution in [-0.4, -0.2) is 19.2 Å². The van der Waals surface area contributed by atoms with Crippen LogP contribution >= 0.6 is 0 Å². The van der Waals surface area contributed by atoms with Gasteiger partial charge in [-0.1, -0.05) is 120 Å². The van der Waals surface area contributed by atoms with Gasteiger partial charge in [-0.2, -0.15) is 0 Å². The Morgan fingerprint density at radius 2 is 1.21 bits per heavy atom. The minimum Gasteiger partial charge on any atom is -0.489 e. The van der Waals surface area contributed by atoms with Gasteiger partial charge in [-0.15, -0.1) is 0 Å². The number of esters is 1. The molecule has 0 bridgehead atoms. The normalized spacial score (nSPS) is 12.8. The van der Waals surface area contributed by atoms with E-state index in [1.54, 1.807) is 0 Å². The second-order valence-corrected chi connectivity index (χ2v) is 11.1. The van der Waals surface area contributed by atoms with Gasteiger partial charge in [-0.25, -0.2) is 0 Å². The Labute approximate surface area is 205 Å². The van der Waals surface area contributed by atoms with Gasteiger partial charge < -0.3 is 9.47 Å². The molecule has 3 rings (SSSR count). The van der Waals surface area contributed by atoms with Crippen molar-refractivity contribution in [2.45, 2.75) is 48.0 Å². The topological polar surface area (TPSA) is 35.5 Å². The molecule has 0 fully saturated rings. The van der Waals surface area contributed by atoms with Gasteiger partial charge in [0, 0.05) is 11.1 Å². The standard InChI is InChI=1S/C31H38O3/c1-30(2,3)22-27(31(4,5)6)29(32)34-21-20-33-28-25(23-14-9-7-10-15-23)18-13-19-26(28)24-16-11-8-12-17-24/h7-19,27H,20-22H2,1-6H3. The van der Waals surface area contributed by atoms with Crippen molar-refractivity contribution in [2.75, 3.05) is 13.2 Å². The van der Waals surface area contributed by atoms with Crippen molar-refractivity contribution in [1.82, 2.24) is 0 Å². The van der Waals surface area contributed by atoms with E-state index in [-0.39, 0.29) is 29.3 Å². The molecule has 3 heteroatoms. The van der Waals surface area contributed by atoms with Crippen LogP contribution in [-0.2, 0) is 9.53 Å². The van der Waals surface area contributed by atoms with Gasteiger partial charge >= 0.3 is 5.97 Å². The van der Waals surface area contributed by atoms with Crippen LogP contribution in [0.4, 0.5) is 0 Å². The molecular weight excluding hydrogens is 420 g/mol. The van der Waals surface area contributed by atoms with E-state index in [4.69, 9.17) is 9.47 Å².